The van der Waals surface area contributed by atoms with Crippen molar-refractivity contribution in [3.05, 3.63) is 46.8 Å². The molecule has 0 atom stereocenters. The summed E-state index contributed by atoms with van der Waals surface area (Å²) in [5.74, 6) is 0.274. The van der Waals surface area contributed by atoms with Gasteiger partial charge in [-0.1, -0.05) is 25.1 Å². The van der Waals surface area contributed by atoms with Crippen molar-refractivity contribution in [2.24, 2.45) is 0 Å². The van der Waals surface area contributed by atoms with Gasteiger partial charge in [-0.2, -0.15) is 0 Å². The molecule has 5 nitrogen and oxygen atoms in total. The van der Waals surface area contributed by atoms with E-state index in [9.17, 15) is 4.79 Å². The van der Waals surface area contributed by atoms with Gasteiger partial charge in [-0.3, -0.25) is 4.79 Å². The number of amides is 1. The lowest BCUT2D eigenvalue weighted by Crippen LogP contribution is -2.25. The number of hydrogen-bond acceptors (Lipinski definition) is 4. The van der Waals surface area contributed by atoms with E-state index in [1.54, 1.807) is 6.07 Å². The summed E-state index contributed by atoms with van der Waals surface area (Å²) < 4.78 is 0. The van der Waals surface area contributed by atoms with Crippen LogP contribution in [0.2, 0.25) is 0 Å². The molecule has 2 N–H and O–H groups in total. The van der Waals surface area contributed by atoms with Crippen LogP contribution in [-0.4, -0.2) is 22.4 Å². The summed E-state index contributed by atoms with van der Waals surface area (Å²) in [5, 5.41) is 6.06. The van der Waals surface area contributed by atoms with Gasteiger partial charge >= 0.3 is 0 Å². The van der Waals surface area contributed by atoms with Crippen molar-refractivity contribution in [2.75, 3.05) is 11.9 Å². The number of aryl methyl sites for hydroxylation is 3. The molecule has 1 heterocycles. The molecule has 0 aliphatic rings. The Balaban J connectivity index is 2.28. The summed E-state index contributed by atoms with van der Waals surface area (Å²) in [6, 6.07) is 7.76. The maximum atomic E-state index is 12.1. The number of para-hydroxylation sites is 1. The normalized spacial score (nSPS) is 10.4. The molecule has 0 fully saturated rings. The van der Waals surface area contributed by atoms with Crippen molar-refractivity contribution in [2.45, 2.75) is 34.1 Å². The average Bonchev–Trinajstić information content (AvgIpc) is 2.48. The minimum absolute atomic E-state index is 0.170. The first-order valence-electron chi connectivity index (χ1n) is 7.48. The summed E-state index contributed by atoms with van der Waals surface area (Å²) in [6.45, 7) is 8.56. The average molecular weight is 298 g/mol. The maximum Gasteiger partial charge on any atom is 0.270 e. The Morgan fingerprint density at radius 2 is 1.82 bits per heavy atom. The molecule has 0 spiro atoms. The highest BCUT2D eigenvalue weighted by molar-refractivity contribution is 5.92. The molecular weight excluding hydrogens is 276 g/mol. The van der Waals surface area contributed by atoms with Gasteiger partial charge in [-0.25, -0.2) is 9.97 Å². The van der Waals surface area contributed by atoms with Gasteiger partial charge in [0.2, 0.25) is 5.95 Å². The second-order valence-corrected chi connectivity index (χ2v) is 5.37. The number of aromatic nitrogens is 2. The smallest absolute Gasteiger partial charge is 0.270 e. The molecule has 0 aliphatic carbocycles. The first-order chi connectivity index (χ1) is 10.5. The number of anilines is 2. The number of nitrogens with zero attached hydrogens (tertiary/aromatic N) is 2. The molecule has 0 unspecified atom stereocenters. The van der Waals surface area contributed by atoms with Crippen molar-refractivity contribution in [1.82, 2.24) is 15.3 Å². The third-order valence-electron chi connectivity index (χ3n) is 3.34. The second kappa shape index (κ2) is 7.02. The van der Waals surface area contributed by atoms with E-state index in [0.29, 0.717) is 18.2 Å². The van der Waals surface area contributed by atoms with E-state index >= 15 is 0 Å². The van der Waals surface area contributed by atoms with Crippen LogP contribution in [-0.2, 0) is 0 Å². The van der Waals surface area contributed by atoms with Crippen molar-refractivity contribution in [3.8, 4) is 0 Å². The van der Waals surface area contributed by atoms with Crippen LogP contribution in [0.5, 0.6) is 0 Å². The molecule has 1 aromatic heterocycles. The molecule has 116 valence electrons. The van der Waals surface area contributed by atoms with Crippen LogP contribution < -0.4 is 10.6 Å². The molecule has 0 saturated heterocycles. The van der Waals surface area contributed by atoms with E-state index in [1.165, 1.54) is 0 Å². The Hall–Kier alpha value is -2.43. The Morgan fingerprint density at radius 3 is 2.45 bits per heavy atom. The van der Waals surface area contributed by atoms with E-state index in [0.717, 1.165) is 28.9 Å². The summed E-state index contributed by atoms with van der Waals surface area (Å²) in [6.07, 6.45) is 0.892. The van der Waals surface area contributed by atoms with E-state index in [1.807, 2.05) is 45.9 Å². The van der Waals surface area contributed by atoms with Crippen LogP contribution in [0.25, 0.3) is 0 Å². The lowest BCUT2D eigenvalue weighted by Gasteiger charge is -2.12. The zero-order chi connectivity index (χ0) is 16.1. The predicted molar refractivity (Wildman–Crippen MR) is 88.6 cm³/mol. The Bertz CT molecular complexity index is 662. The molecular formula is C17H22N4O. The fraction of sp³-hybridized carbons (Fsp3) is 0.353. The number of carbonyl (C=O) groups excluding carboxylic acids is 1. The molecule has 0 saturated carbocycles. The number of nitrogens with one attached hydrogen (secondary N) is 2. The fourth-order valence-electron chi connectivity index (χ4n) is 2.19. The molecule has 0 aliphatic heterocycles. The van der Waals surface area contributed by atoms with Crippen LogP contribution in [0, 0.1) is 20.8 Å². The van der Waals surface area contributed by atoms with Crippen LogP contribution >= 0.6 is 0 Å². The van der Waals surface area contributed by atoms with Crippen molar-refractivity contribution >= 4 is 17.5 Å². The first kappa shape index (κ1) is 15.9. The highest BCUT2D eigenvalue weighted by Gasteiger charge is 2.11. The van der Waals surface area contributed by atoms with Crippen molar-refractivity contribution in [1.29, 1.82) is 0 Å². The number of hydrogen-bond donors (Lipinski definition) is 2. The predicted octanol–water partition coefficient (Wildman–Crippen LogP) is 3.29. The van der Waals surface area contributed by atoms with Gasteiger partial charge in [0.05, 0.1) is 0 Å². The van der Waals surface area contributed by atoms with Gasteiger partial charge in [0.25, 0.3) is 5.91 Å². The van der Waals surface area contributed by atoms with E-state index in [-0.39, 0.29) is 5.91 Å². The van der Waals surface area contributed by atoms with Gasteiger partial charge in [0.15, 0.2) is 0 Å². The highest BCUT2D eigenvalue weighted by atomic mass is 16.1. The third kappa shape index (κ3) is 3.81. The Morgan fingerprint density at radius 1 is 1.14 bits per heavy atom. The van der Waals surface area contributed by atoms with E-state index in [4.69, 9.17) is 0 Å². The van der Waals surface area contributed by atoms with Gasteiger partial charge in [0, 0.05) is 17.9 Å². The minimum Gasteiger partial charge on any atom is -0.351 e. The molecule has 1 amide bonds. The SMILES string of the molecule is CCCNC(=O)c1cc(C)nc(Nc2c(C)cccc2C)n1. The second-order valence-electron chi connectivity index (χ2n) is 5.37. The van der Waals surface area contributed by atoms with Crippen molar-refractivity contribution in [3.63, 3.8) is 0 Å². The Kier molecular flexibility index (Phi) is 5.09. The van der Waals surface area contributed by atoms with Gasteiger partial charge in [-0.05, 0) is 44.4 Å². The van der Waals surface area contributed by atoms with Crippen LogP contribution in [0.3, 0.4) is 0 Å². The topological polar surface area (TPSA) is 66.9 Å². The highest BCUT2D eigenvalue weighted by Crippen LogP contribution is 2.22. The van der Waals surface area contributed by atoms with Gasteiger partial charge in [-0.15, -0.1) is 0 Å². The van der Waals surface area contributed by atoms with Crippen molar-refractivity contribution < 1.29 is 4.79 Å². The molecule has 0 radical (unpaired) electrons. The molecule has 5 heteroatoms. The zero-order valence-electron chi connectivity index (χ0n) is 13.5. The summed E-state index contributed by atoms with van der Waals surface area (Å²) in [7, 11) is 0. The quantitative estimate of drug-likeness (QED) is 0.889. The van der Waals surface area contributed by atoms with Crippen LogP contribution in [0.4, 0.5) is 11.6 Å². The van der Waals surface area contributed by atoms with Gasteiger partial charge in [0.1, 0.15) is 5.69 Å². The molecule has 2 rings (SSSR count). The van der Waals surface area contributed by atoms with Gasteiger partial charge < -0.3 is 10.6 Å². The standard InChI is InChI=1S/C17H22N4O/c1-5-9-18-16(22)14-10-13(4)19-17(20-14)21-15-11(2)7-6-8-12(15)3/h6-8,10H,5,9H2,1-4H3,(H,18,22)(H,19,20,21). The minimum atomic E-state index is -0.170. The zero-order valence-corrected chi connectivity index (χ0v) is 13.5. The molecule has 0 bridgehead atoms. The van der Waals surface area contributed by atoms with Crippen LogP contribution in [0.15, 0.2) is 24.3 Å². The summed E-state index contributed by atoms with van der Waals surface area (Å²) >= 11 is 0. The lowest BCUT2D eigenvalue weighted by atomic mass is 10.1. The maximum absolute atomic E-state index is 12.1. The molecule has 2 aromatic rings. The lowest BCUT2D eigenvalue weighted by molar-refractivity contribution is 0.0948. The first-order valence-corrected chi connectivity index (χ1v) is 7.48. The number of carbonyl (C=O) groups is 1. The van der Waals surface area contributed by atoms with Crippen LogP contribution in [0.1, 0.15) is 40.7 Å². The largest absolute Gasteiger partial charge is 0.351 e. The van der Waals surface area contributed by atoms with E-state index < -0.39 is 0 Å². The monoisotopic (exact) mass is 298 g/mol. The number of rotatable bonds is 5. The fourth-order valence-corrected chi connectivity index (χ4v) is 2.19. The third-order valence-corrected chi connectivity index (χ3v) is 3.34. The summed E-state index contributed by atoms with van der Waals surface area (Å²) in [5.41, 5.74) is 4.34. The molecule has 1 aromatic carbocycles. The summed E-state index contributed by atoms with van der Waals surface area (Å²) in [4.78, 5) is 20.8. The van der Waals surface area contributed by atoms with E-state index in [2.05, 4.69) is 20.6 Å². The Labute approximate surface area is 131 Å². The number of benzene rings is 1. The molecule has 22 heavy (non-hydrogen) atoms.